The predicted octanol–water partition coefficient (Wildman–Crippen LogP) is 1.18. The van der Waals surface area contributed by atoms with E-state index in [9.17, 15) is 9.59 Å². The first-order chi connectivity index (χ1) is 8.50. The number of carbonyl (C=O) groups is 2. The second kappa shape index (κ2) is 4.97. The number of para-hydroxylation sites is 1. The summed E-state index contributed by atoms with van der Waals surface area (Å²) in [7, 11) is 1.53. The van der Waals surface area contributed by atoms with Crippen molar-refractivity contribution in [3.8, 4) is 0 Å². The Hall–Kier alpha value is -1.56. The fraction of sp³-hybridized carbons (Fsp3) is 0.333. The van der Waals surface area contributed by atoms with Gasteiger partial charge in [0.15, 0.2) is 0 Å². The molecule has 5 nitrogen and oxygen atoms in total. The van der Waals surface area contributed by atoms with Gasteiger partial charge in [0, 0.05) is 18.1 Å². The van der Waals surface area contributed by atoms with Gasteiger partial charge in [0.2, 0.25) is 5.91 Å². The maximum atomic E-state index is 11.8. The van der Waals surface area contributed by atoms with Crippen molar-refractivity contribution in [2.24, 2.45) is 0 Å². The molecule has 1 heterocycles. The fourth-order valence-corrected chi connectivity index (χ4v) is 2.52. The normalized spacial score (nSPS) is 20.1. The molecule has 1 N–H and O–H groups in total. The number of nitrogens with zero attached hydrogens (tertiary/aromatic N) is 2. The Balaban J connectivity index is 2.28. The second-order valence-electron chi connectivity index (χ2n) is 4.19. The van der Waals surface area contributed by atoms with Gasteiger partial charge in [-0.15, -0.1) is 0 Å². The summed E-state index contributed by atoms with van der Waals surface area (Å²) in [4.78, 5) is 26.0. The summed E-state index contributed by atoms with van der Waals surface area (Å²) in [5, 5.41) is 9.13. The van der Waals surface area contributed by atoms with Gasteiger partial charge in [-0.05, 0) is 28.1 Å². The Kier molecular flexibility index (Phi) is 3.56. The fourth-order valence-electron chi connectivity index (χ4n) is 1.98. The van der Waals surface area contributed by atoms with Gasteiger partial charge in [-0.2, -0.15) is 0 Å². The van der Waals surface area contributed by atoms with Crippen LogP contribution in [-0.2, 0) is 9.59 Å². The summed E-state index contributed by atoms with van der Waals surface area (Å²) in [5.74, 6) is -1.17. The highest BCUT2D eigenvalue weighted by Crippen LogP contribution is 2.27. The molecular weight excluding hydrogens is 300 g/mol. The molecule has 1 aliphatic heterocycles. The zero-order valence-electron chi connectivity index (χ0n) is 9.84. The highest BCUT2D eigenvalue weighted by atomic mass is 79.9. The third-order valence-electron chi connectivity index (χ3n) is 3.06. The van der Waals surface area contributed by atoms with Gasteiger partial charge in [-0.3, -0.25) is 4.79 Å². The molecule has 0 radical (unpaired) electrons. The molecule has 1 amide bonds. The average Bonchev–Trinajstić information content (AvgIpc) is 2.33. The number of amides is 1. The number of anilines is 1. The highest BCUT2D eigenvalue weighted by molar-refractivity contribution is 9.10. The molecule has 1 aliphatic rings. The van der Waals surface area contributed by atoms with Crippen LogP contribution in [0, 0.1) is 0 Å². The Bertz CT molecular complexity index is 492. The number of carboxylic acid groups (broad SMARTS) is 1. The quantitative estimate of drug-likeness (QED) is 0.891. The lowest BCUT2D eigenvalue weighted by Gasteiger charge is -2.38. The summed E-state index contributed by atoms with van der Waals surface area (Å²) in [6.07, 6.45) is 0. The SMILES string of the molecule is CN1C(=O)CN(c2ccccc2Br)CC1C(=O)O. The Labute approximate surface area is 113 Å². The monoisotopic (exact) mass is 312 g/mol. The van der Waals surface area contributed by atoms with Crippen molar-refractivity contribution < 1.29 is 14.7 Å². The molecule has 0 saturated carbocycles. The predicted molar refractivity (Wildman–Crippen MR) is 70.5 cm³/mol. The van der Waals surface area contributed by atoms with Crippen molar-refractivity contribution in [1.82, 2.24) is 4.90 Å². The standard InChI is InChI=1S/C12H13BrN2O3/c1-14-10(12(17)18)6-15(7-11(14)16)9-5-3-2-4-8(9)13/h2-5,10H,6-7H2,1H3,(H,17,18). The smallest absolute Gasteiger partial charge is 0.328 e. The summed E-state index contributed by atoms with van der Waals surface area (Å²) < 4.78 is 0.853. The van der Waals surface area contributed by atoms with Crippen LogP contribution in [0.2, 0.25) is 0 Å². The van der Waals surface area contributed by atoms with Crippen LogP contribution in [0.25, 0.3) is 0 Å². The van der Waals surface area contributed by atoms with E-state index in [1.165, 1.54) is 11.9 Å². The van der Waals surface area contributed by atoms with E-state index in [0.29, 0.717) is 6.54 Å². The lowest BCUT2D eigenvalue weighted by Crippen LogP contribution is -2.58. The average molecular weight is 313 g/mol. The van der Waals surface area contributed by atoms with Crippen LogP contribution < -0.4 is 4.90 Å². The van der Waals surface area contributed by atoms with Crippen molar-refractivity contribution >= 4 is 33.5 Å². The van der Waals surface area contributed by atoms with Crippen LogP contribution in [0.15, 0.2) is 28.7 Å². The Morgan fingerprint density at radius 3 is 2.72 bits per heavy atom. The zero-order chi connectivity index (χ0) is 13.3. The number of rotatable bonds is 2. The zero-order valence-corrected chi connectivity index (χ0v) is 11.4. The molecule has 1 saturated heterocycles. The van der Waals surface area contributed by atoms with Crippen molar-refractivity contribution in [2.45, 2.75) is 6.04 Å². The van der Waals surface area contributed by atoms with Gasteiger partial charge in [0.25, 0.3) is 0 Å². The van der Waals surface area contributed by atoms with Crippen molar-refractivity contribution in [2.75, 3.05) is 25.0 Å². The number of carbonyl (C=O) groups excluding carboxylic acids is 1. The van der Waals surface area contributed by atoms with Crippen LogP contribution in [-0.4, -0.2) is 48.1 Å². The lowest BCUT2D eigenvalue weighted by molar-refractivity contribution is -0.149. The van der Waals surface area contributed by atoms with E-state index in [-0.39, 0.29) is 12.5 Å². The number of halogens is 1. The number of aliphatic carboxylic acids is 1. The number of piperazine rings is 1. The van der Waals surface area contributed by atoms with Crippen LogP contribution in [0.4, 0.5) is 5.69 Å². The van der Waals surface area contributed by atoms with Crippen LogP contribution in [0.5, 0.6) is 0 Å². The van der Waals surface area contributed by atoms with Gasteiger partial charge in [-0.25, -0.2) is 4.79 Å². The first-order valence-electron chi connectivity index (χ1n) is 5.48. The first kappa shape index (κ1) is 12.9. The van der Waals surface area contributed by atoms with E-state index >= 15 is 0 Å². The molecule has 0 aliphatic carbocycles. The topological polar surface area (TPSA) is 60.9 Å². The van der Waals surface area contributed by atoms with Gasteiger partial charge >= 0.3 is 5.97 Å². The highest BCUT2D eigenvalue weighted by Gasteiger charge is 2.35. The van der Waals surface area contributed by atoms with Gasteiger partial charge in [0.1, 0.15) is 6.04 Å². The van der Waals surface area contributed by atoms with E-state index in [2.05, 4.69) is 15.9 Å². The number of benzene rings is 1. The van der Waals surface area contributed by atoms with Crippen molar-refractivity contribution in [3.63, 3.8) is 0 Å². The van der Waals surface area contributed by atoms with Crippen LogP contribution >= 0.6 is 15.9 Å². The molecule has 0 spiro atoms. The van der Waals surface area contributed by atoms with Crippen LogP contribution in [0.1, 0.15) is 0 Å². The molecule has 18 heavy (non-hydrogen) atoms. The molecule has 6 heteroatoms. The van der Waals surface area contributed by atoms with E-state index in [1.807, 2.05) is 24.3 Å². The minimum atomic E-state index is -0.984. The molecule has 0 bridgehead atoms. The van der Waals surface area contributed by atoms with E-state index < -0.39 is 12.0 Å². The maximum Gasteiger partial charge on any atom is 0.328 e. The minimum absolute atomic E-state index is 0.190. The summed E-state index contributed by atoms with van der Waals surface area (Å²) in [6.45, 7) is 0.489. The van der Waals surface area contributed by atoms with Crippen molar-refractivity contribution in [1.29, 1.82) is 0 Å². The molecular formula is C12H13BrN2O3. The first-order valence-corrected chi connectivity index (χ1v) is 6.28. The number of hydrogen-bond acceptors (Lipinski definition) is 3. The van der Waals surface area contributed by atoms with Crippen molar-refractivity contribution in [3.05, 3.63) is 28.7 Å². The maximum absolute atomic E-state index is 11.8. The molecule has 1 fully saturated rings. The van der Waals surface area contributed by atoms with Gasteiger partial charge in [-0.1, -0.05) is 12.1 Å². The lowest BCUT2D eigenvalue weighted by atomic mass is 10.1. The molecule has 1 aromatic rings. The van der Waals surface area contributed by atoms with E-state index in [1.54, 1.807) is 4.90 Å². The molecule has 1 aromatic carbocycles. The second-order valence-corrected chi connectivity index (χ2v) is 5.04. The summed E-state index contributed by atoms with van der Waals surface area (Å²) >= 11 is 3.41. The molecule has 1 atom stereocenters. The summed E-state index contributed by atoms with van der Waals surface area (Å²) in [5.41, 5.74) is 0.838. The van der Waals surface area contributed by atoms with E-state index in [0.717, 1.165) is 10.2 Å². The Morgan fingerprint density at radius 2 is 2.11 bits per heavy atom. The third kappa shape index (κ3) is 2.33. The largest absolute Gasteiger partial charge is 0.480 e. The molecule has 1 unspecified atom stereocenters. The number of carboxylic acids is 1. The third-order valence-corrected chi connectivity index (χ3v) is 3.73. The van der Waals surface area contributed by atoms with Crippen LogP contribution in [0.3, 0.4) is 0 Å². The molecule has 2 rings (SSSR count). The Morgan fingerprint density at radius 1 is 1.44 bits per heavy atom. The van der Waals surface area contributed by atoms with E-state index in [4.69, 9.17) is 5.11 Å². The van der Waals surface area contributed by atoms with Gasteiger partial charge < -0.3 is 14.9 Å². The molecule has 0 aromatic heterocycles. The number of hydrogen-bond donors (Lipinski definition) is 1. The number of likely N-dealkylation sites (N-methyl/N-ethyl adjacent to an activating group) is 1. The summed E-state index contributed by atoms with van der Waals surface area (Å²) in [6, 6.07) is 6.66. The minimum Gasteiger partial charge on any atom is -0.480 e. The van der Waals surface area contributed by atoms with Gasteiger partial charge in [0.05, 0.1) is 12.2 Å². The molecule has 96 valence electrons.